The summed E-state index contributed by atoms with van der Waals surface area (Å²) in [4.78, 5) is 5.74. The summed E-state index contributed by atoms with van der Waals surface area (Å²) in [5.41, 5.74) is 3.09. The lowest BCUT2D eigenvalue weighted by Gasteiger charge is -2.10. The molecule has 0 saturated heterocycles. The first-order valence-electron chi connectivity index (χ1n) is 8.39. The molecule has 2 aromatic heterocycles. The van der Waals surface area contributed by atoms with Crippen LogP contribution >= 0.6 is 27.3 Å². The van der Waals surface area contributed by atoms with Gasteiger partial charge in [-0.25, -0.2) is 4.99 Å². The average molecular weight is 441 g/mol. The molecule has 0 amide bonds. The molecule has 0 atom stereocenters. The van der Waals surface area contributed by atoms with Crippen molar-refractivity contribution in [2.24, 2.45) is 4.99 Å². The van der Waals surface area contributed by atoms with E-state index in [9.17, 15) is 0 Å². The van der Waals surface area contributed by atoms with Crippen LogP contribution in [0.15, 0.2) is 86.2 Å². The number of thiazole rings is 1. The first-order chi connectivity index (χ1) is 13.2. The highest BCUT2D eigenvalue weighted by atomic mass is 79.9. The van der Waals surface area contributed by atoms with Crippen molar-refractivity contribution < 1.29 is 9.15 Å². The molecule has 0 aliphatic heterocycles. The van der Waals surface area contributed by atoms with E-state index in [4.69, 9.17) is 14.1 Å². The minimum absolute atomic E-state index is 0.612. The number of rotatable bonds is 5. The first-order valence-corrected chi connectivity index (χ1v) is 10.1. The van der Waals surface area contributed by atoms with Gasteiger partial charge in [0.15, 0.2) is 4.80 Å². The number of para-hydroxylation sites is 1. The average Bonchev–Trinajstić information content (AvgIpc) is 3.34. The van der Waals surface area contributed by atoms with Gasteiger partial charge in [0.1, 0.15) is 11.5 Å². The summed E-state index contributed by atoms with van der Waals surface area (Å²) >= 11 is 5.19. The predicted octanol–water partition coefficient (Wildman–Crippen LogP) is 5.86. The van der Waals surface area contributed by atoms with Crippen molar-refractivity contribution in [3.63, 3.8) is 0 Å². The van der Waals surface area contributed by atoms with Crippen molar-refractivity contribution in [1.82, 2.24) is 4.57 Å². The lowest BCUT2D eigenvalue weighted by molar-refractivity contribution is 0.412. The summed E-state index contributed by atoms with van der Waals surface area (Å²) in [6.45, 7) is 0.612. The molecule has 0 radical (unpaired) electrons. The molecule has 6 heteroatoms. The number of methoxy groups -OCH3 is 1. The van der Waals surface area contributed by atoms with Gasteiger partial charge in [-0.1, -0.05) is 18.2 Å². The molecular weight excluding hydrogens is 424 g/mol. The molecule has 0 aliphatic carbocycles. The molecule has 4 nitrogen and oxygen atoms in total. The predicted molar refractivity (Wildman–Crippen MR) is 111 cm³/mol. The molecule has 4 aromatic rings. The third-order valence-corrected chi connectivity index (χ3v) is 5.60. The van der Waals surface area contributed by atoms with Crippen LogP contribution in [0.25, 0.3) is 11.3 Å². The zero-order valence-electron chi connectivity index (χ0n) is 14.6. The Bertz CT molecular complexity index is 1100. The van der Waals surface area contributed by atoms with E-state index in [1.165, 1.54) is 0 Å². The molecule has 0 unspecified atom stereocenters. The summed E-state index contributed by atoms with van der Waals surface area (Å²) in [6, 6.07) is 19.9. The van der Waals surface area contributed by atoms with Gasteiger partial charge in [0.05, 0.1) is 35.8 Å². The molecule has 0 aliphatic rings. The van der Waals surface area contributed by atoms with E-state index in [0.717, 1.165) is 37.7 Å². The van der Waals surface area contributed by atoms with Gasteiger partial charge >= 0.3 is 0 Å². The number of halogens is 1. The van der Waals surface area contributed by atoms with Gasteiger partial charge in [-0.3, -0.25) is 0 Å². The van der Waals surface area contributed by atoms with E-state index < -0.39 is 0 Å². The molecule has 2 heterocycles. The zero-order valence-corrected chi connectivity index (χ0v) is 17.0. The van der Waals surface area contributed by atoms with Gasteiger partial charge in [-0.2, -0.15) is 0 Å². The quantitative estimate of drug-likeness (QED) is 0.389. The highest BCUT2D eigenvalue weighted by molar-refractivity contribution is 9.10. The molecule has 0 spiro atoms. The SMILES string of the molecule is COc1ccc(-c2csc(=Nc3ccccc3)n2Cc2ccco2)cc1Br. The Morgan fingerprint density at radius 1 is 1.11 bits per heavy atom. The van der Waals surface area contributed by atoms with Crippen LogP contribution in [0.2, 0.25) is 0 Å². The van der Waals surface area contributed by atoms with E-state index >= 15 is 0 Å². The summed E-state index contributed by atoms with van der Waals surface area (Å²) in [7, 11) is 1.66. The Labute approximate surface area is 169 Å². The number of aromatic nitrogens is 1. The van der Waals surface area contributed by atoms with E-state index in [0.29, 0.717) is 6.54 Å². The van der Waals surface area contributed by atoms with Crippen LogP contribution < -0.4 is 9.54 Å². The molecule has 0 fully saturated rings. The molecule has 0 N–H and O–H groups in total. The van der Waals surface area contributed by atoms with E-state index in [-0.39, 0.29) is 0 Å². The monoisotopic (exact) mass is 440 g/mol. The number of benzene rings is 2. The van der Waals surface area contributed by atoms with Gasteiger partial charge in [0.2, 0.25) is 0 Å². The second-order valence-corrected chi connectivity index (χ2v) is 7.56. The summed E-state index contributed by atoms with van der Waals surface area (Å²) in [5, 5.41) is 2.12. The van der Waals surface area contributed by atoms with Crippen LogP contribution in [-0.2, 0) is 6.54 Å². The summed E-state index contributed by atoms with van der Waals surface area (Å²) in [6.07, 6.45) is 1.69. The highest BCUT2D eigenvalue weighted by Crippen LogP contribution is 2.31. The molecule has 2 aromatic carbocycles. The Morgan fingerprint density at radius 2 is 1.96 bits per heavy atom. The maximum atomic E-state index is 5.58. The third kappa shape index (κ3) is 3.91. The fraction of sp³-hybridized carbons (Fsp3) is 0.0952. The minimum atomic E-state index is 0.612. The normalized spacial score (nSPS) is 11.7. The Hall–Kier alpha value is -2.57. The molecule has 0 saturated carbocycles. The van der Waals surface area contributed by atoms with E-state index in [1.54, 1.807) is 24.7 Å². The fourth-order valence-corrected chi connectivity index (χ4v) is 4.27. The Balaban J connectivity index is 1.84. The standard InChI is InChI=1S/C21H17BrN2O2S/c1-25-20-10-9-15(12-18(20)22)19-14-27-21(23-16-6-3-2-4-7-16)24(19)13-17-8-5-11-26-17/h2-12,14H,13H2,1H3. The zero-order chi connectivity index (χ0) is 18.6. The van der Waals surface area contributed by atoms with Crippen LogP contribution in [0.4, 0.5) is 5.69 Å². The maximum absolute atomic E-state index is 5.58. The topological polar surface area (TPSA) is 39.7 Å². The number of furan rings is 1. The van der Waals surface area contributed by atoms with Crippen molar-refractivity contribution in [2.45, 2.75) is 6.54 Å². The molecule has 27 heavy (non-hydrogen) atoms. The number of hydrogen-bond acceptors (Lipinski definition) is 4. The van der Waals surface area contributed by atoms with Gasteiger partial charge in [0, 0.05) is 10.9 Å². The lowest BCUT2D eigenvalue weighted by atomic mass is 10.1. The smallest absolute Gasteiger partial charge is 0.190 e. The minimum Gasteiger partial charge on any atom is -0.496 e. The third-order valence-electron chi connectivity index (χ3n) is 4.12. The van der Waals surface area contributed by atoms with Crippen LogP contribution in [0.3, 0.4) is 0 Å². The maximum Gasteiger partial charge on any atom is 0.190 e. The number of nitrogens with zero attached hydrogens (tertiary/aromatic N) is 2. The molecule has 136 valence electrons. The summed E-state index contributed by atoms with van der Waals surface area (Å²) < 4.78 is 14.0. The molecule has 0 bridgehead atoms. The van der Waals surface area contributed by atoms with Gasteiger partial charge in [0.25, 0.3) is 0 Å². The van der Waals surface area contributed by atoms with E-state index in [1.807, 2.05) is 48.5 Å². The Kier molecular flexibility index (Phi) is 5.27. The first kappa shape index (κ1) is 17.8. The summed E-state index contributed by atoms with van der Waals surface area (Å²) in [5.74, 6) is 1.69. The fourth-order valence-electron chi connectivity index (χ4n) is 2.80. The van der Waals surface area contributed by atoms with Gasteiger partial charge < -0.3 is 13.7 Å². The van der Waals surface area contributed by atoms with Crippen molar-refractivity contribution in [3.05, 3.63) is 87.3 Å². The van der Waals surface area contributed by atoms with Crippen LogP contribution in [-0.4, -0.2) is 11.7 Å². The van der Waals surface area contributed by atoms with Crippen LogP contribution in [0.1, 0.15) is 5.76 Å². The second-order valence-electron chi connectivity index (χ2n) is 5.87. The lowest BCUT2D eigenvalue weighted by Crippen LogP contribution is -2.16. The highest BCUT2D eigenvalue weighted by Gasteiger charge is 2.12. The number of hydrogen-bond donors (Lipinski definition) is 0. The molecule has 4 rings (SSSR count). The van der Waals surface area contributed by atoms with Gasteiger partial charge in [-0.05, 0) is 58.4 Å². The van der Waals surface area contributed by atoms with Crippen molar-refractivity contribution >= 4 is 33.0 Å². The van der Waals surface area contributed by atoms with Crippen molar-refractivity contribution in [2.75, 3.05) is 7.11 Å². The van der Waals surface area contributed by atoms with E-state index in [2.05, 4.69) is 38.0 Å². The van der Waals surface area contributed by atoms with Gasteiger partial charge in [-0.15, -0.1) is 11.3 Å². The van der Waals surface area contributed by atoms with Crippen LogP contribution in [0, 0.1) is 0 Å². The largest absolute Gasteiger partial charge is 0.496 e. The second kappa shape index (κ2) is 7.98. The van der Waals surface area contributed by atoms with Crippen LogP contribution in [0.5, 0.6) is 5.75 Å². The Morgan fingerprint density at radius 3 is 2.67 bits per heavy atom. The van der Waals surface area contributed by atoms with Crippen molar-refractivity contribution in [3.8, 4) is 17.0 Å². The molecular formula is C21H17BrN2O2S. The number of ether oxygens (including phenoxy) is 1. The van der Waals surface area contributed by atoms with Crippen molar-refractivity contribution in [1.29, 1.82) is 0 Å².